The van der Waals surface area contributed by atoms with Gasteiger partial charge in [0.2, 0.25) is 5.91 Å². The number of rotatable bonds is 6. The molecular weight excluding hydrogens is 226 g/mol. The molecule has 3 N–H and O–H groups in total. The van der Waals surface area contributed by atoms with E-state index in [9.17, 15) is 4.79 Å². The van der Waals surface area contributed by atoms with Gasteiger partial charge < -0.3 is 11.1 Å². The van der Waals surface area contributed by atoms with Crippen molar-refractivity contribution in [2.45, 2.75) is 46.1 Å². The van der Waals surface area contributed by atoms with Crippen LogP contribution in [0.4, 0.5) is 5.69 Å². The molecule has 4 nitrogen and oxygen atoms in total. The van der Waals surface area contributed by atoms with Gasteiger partial charge in [0.1, 0.15) is 0 Å². The zero-order valence-electron chi connectivity index (χ0n) is 11.4. The number of carbonyl (C=O) groups excluding carboxylic acids is 1. The Morgan fingerprint density at radius 2 is 2.17 bits per heavy atom. The normalized spacial score (nSPS) is 14.0. The van der Waals surface area contributed by atoms with Crippen LogP contribution in [0.3, 0.4) is 0 Å². The second-order valence-electron chi connectivity index (χ2n) is 4.99. The fourth-order valence-corrected chi connectivity index (χ4v) is 1.75. The first-order chi connectivity index (χ1) is 8.50. The molecule has 100 valence electrons. The molecule has 0 saturated heterocycles. The predicted molar refractivity (Wildman–Crippen MR) is 74.3 cm³/mol. The number of hydrogen-bond acceptors (Lipinski definition) is 3. The van der Waals surface area contributed by atoms with Crippen molar-refractivity contribution in [3.05, 3.63) is 24.0 Å². The van der Waals surface area contributed by atoms with E-state index in [2.05, 4.69) is 10.3 Å². The molecule has 18 heavy (non-hydrogen) atoms. The van der Waals surface area contributed by atoms with Crippen molar-refractivity contribution >= 4 is 11.6 Å². The second-order valence-corrected chi connectivity index (χ2v) is 4.99. The van der Waals surface area contributed by atoms with Gasteiger partial charge in [-0.05, 0) is 38.3 Å². The van der Waals surface area contributed by atoms with E-state index in [1.54, 1.807) is 12.4 Å². The molecule has 0 aliphatic carbocycles. The molecule has 0 aliphatic rings. The van der Waals surface area contributed by atoms with Gasteiger partial charge in [0.05, 0.1) is 0 Å². The highest BCUT2D eigenvalue weighted by atomic mass is 16.1. The highest BCUT2D eigenvalue weighted by molar-refractivity contribution is 5.92. The van der Waals surface area contributed by atoms with Crippen LogP contribution in [0.25, 0.3) is 0 Å². The van der Waals surface area contributed by atoms with E-state index in [-0.39, 0.29) is 17.9 Å². The molecule has 4 heteroatoms. The van der Waals surface area contributed by atoms with Crippen molar-refractivity contribution < 1.29 is 4.79 Å². The Hall–Kier alpha value is -1.42. The van der Waals surface area contributed by atoms with Crippen molar-refractivity contribution in [3.8, 4) is 0 Å². The first-order valence-corrected chi connectivity index (χ1v) is 6.47. The predicted octanol–water partition coefficient (Wildman–Crippen LogP) is 2.48. The van der Waals surface area contributed by atoms with E-state index in [0.717, 1.165) is 30.5 Å². The highest BCUT2D eigenvalue weighted by Gasteiger charge is 2.13. The summed E-state index contributed by atoms with van der Waals surface area (Å²) >= 11 is 0. The molecule has 0 bridgehead atoms. The lowest BCUT2D eigenvalue weighted by molar-refractivity contribution is -0.119. The van der Waals surface area contributed by atoms with Gasteiger partial charge in [-0.1, -0.05) is 13.3 Å². The minimum Gasteiger partial charge on any atom is -0.328 e. The smallest absolute Gasteiger partial charge is 0.227 e. The van der Waals surface area contributed by atoms with E-state index in [4.69, 9.17) is 5.73 Å². The summed E-state index contributed by atoms with van der Waals surface area (Å²) in [4.78, 5) is 16.0. The Bertz CT molecular complexity index is 390. The van der Waals surface area contributed by atoms with E-state index in [1.165, 1.54) is 0 Å². The number of nitrogens with two attached hydrogens (primary N) is 1. The largest absolute Gasteiger partial charge is 0.328 e. The fraction of sp³-hybridized carbons (Fsp3) is 0.571. The van der Waals surface area contributed by atoms with Crippen LogP contribution >= 0.6 is 0 Å². The first kappa shape index (κ1) is 14.6. The van der Waals surface area contributed by atoms with Crippen LogP contribution < -0.4 is 11.1 Å². The molecular formula is C14H23N3O. The van der Waals surface area contributed by atoms with Gasteiger partial charge in [-0.2, -0.15) is 0 Å². The third kappa shape index (κ3) is 4.84. The van der Waals surface area contributed by atoms with Crippen LogP contribution in [-0.4, -0.2) is 16.9 Å². The number of hydrogen-bond donors (Lipinski definition) is 2. The molecule has 0 saturated carbocycles. The van der Waals surface area contributed by atoms with Gasteiger partial charge in [-0.15, -0.1) is 0 Å². The molecule has 1 aromatic rings. The van der Waals surface area contributed by atoms with Crippen LogP contribution in [0, 0.1) is 12.8 Å². The molecule has 0 fully saturated rings. The summed E-state index contributed by atoms with van der Waals surface area (Å²) in [5, 5.41) is 2.94. The summed E-state index contributed by atoms with van der Waals surface area (Å²) < 4.78 is 0. The van der Waals surface area contributed by atoms with Gasteiger partial charge in [-0.3, -0.25) is 9.78 Å². The first-order valence-electron chi connectivity index (χ1n) is 6.47. The van der Waals surface area contributed by atoms with Crippen LogP contribution in [0.5, 0.6) is 0 Å². The van der Waals surface area contributed by atoms with E-state index in [0.29, 0.717) is 0 Å². The average molecular weight is 249 g/mol. The third-order valence-corrected chi connectivity index (χ3v) is 3.02. The molecule has 0 aliphatic heterocycles. The summed E-state index contributed by atoms with van der Waals surface area (Å²) in [5.74, 6) is 0.0743. The van der Waals surface area contributed by atoms with Crippen molar-refractivity contribution in [2.75, 3.05) is 5.32 Å². The quantitative estimate of drug-likeness (QED) is 0.814. The molecule has 1 amide bonds. The van der Waals surface area contributed by atoms with Crippen molar-refractivity contribution in [1.29, 1.82) is 0 Å². The van der Waals surface area contributed by atoms with E-state index < -0.39 is 0 Å². The van der Waals surface area contributed by atoms with Crippen molar-refractivity contribution in [3.63, 3.8) is 0 Å². The molecule has 0 spiro atoms. The zero-order valence-corrected chi connectivity index (χ0v) is 11.4. The number of aryl methyl sites for hydroxylation is 1. The lowest BCUT2D eigenvalue weighted by Crippen LogP contribution is -2.22. The van der Waals surface area contributed by atoms with Gasteiger partial charge in [-0.25, -0.2) is 0 Å². The summed E-state index contributed by atoms with van der Waals surface area (Å²) in [5.41, 5.74) is 7.51. The monoisotopic (exact) mass is 249 g/mol. The lowest BCUT2D eigenvalue weighted by Gasteiger charge is -2.14. The number of amides is 1. The Labute approximate surface area is 109 Å². The maximum Gasteiger partial charge on any atom is 0.227 e. The van der Waals surface area contributed by atoms with Crippen LogP contribution in [0.15, 0.2) is 18.5 Å². The zero-order chi connectivity index (χ0) is 13.5. The van der Waals surface area contributed by atoms with Crippen LogP contribution in [-0.2, 0) is 4.79 Å². The molecule has 0 aromatic carbocycles. The summed E-state index contributed by atoms with van der Waals surface area (Å²) in [7, 11) is 0. The maximum atomic E-state index is 12.0. The number of aromatic nitrogens is 1. The van der Waals surface area contributed by atoms with Gasteiger partial charge in [0.25, 0.3) is 0 Å². The molecule has 1 aromatic heterocycles. The minimum absolute atomic E-state index is 0.0105. The van der Waals surface area contributed by atoms with Crippen molar-refractivity contribution in [1.82, 2.24) is 4.98 Å². The number of anilines is 1. The van der Waals surface area contributed by atoms with Gasteiger partial charge in [0, 0.05) is 30.0 Å². The Morgan fingerprint density at radius 3 is 2.78 bits per heavy atom. The molecule has 2 atom stereocenters. The topological polar surface area (TPSA) is 68.0 Å². The van der Waals surface area contributed by atoms with Crippen LogP contribution in [0.1, 0.15) is 38.7 Å². The highest BCUT2D eigenvalue weighted by Crippen LogP contribution is 2.15. The fourth-order valence-electron chi connectivity index (χ4n) is 1.75. The van der Waals surface area contributed by atoms with Gasteiger partial charge in [0.15, 0.2) is 0 Å². The maximum absolute atomic E-state index is 12.0. The Kier molecular flexibility index (Phi) is 5.78. The standard InChI is InChI=1S/C14H23N3O/c1-10(5-4-6-12(3)15)14(18)17-13-7-8-16-9-11(13)2/h7-10,12H,4-6,15H2,1-3H3,(H,16,17,18). The SMILES string of the molecule is Cc1cnccc1NC(=O)C(C)CCCC(C)N. The summed E-state index contributed by atoms with van der Waals surface area (Å²) in [6, 6.07) is 2.03. The Morgan fingerprint density at radius 1 is 1.44 bits per heavy atom. The number of carbonyl (C=O) groups is 1. The van der Waals surface area contributed by atoms with Crippen molar-refractivity contribution in [2.24, 2.45) is 11.7 Å². The second kappa shape index (κ2) is 7.11. The molecule has 0 radical (unpaired) electrons. The lowest BCUT2D eigenvalue weighted by atomic mass is 10.0. The van der Waals surface area contributed by atoms with E-state index >= 15 is 0 Å². The van der Waals surface area contributed by atoms with Crippen LogP contribution in [0.2, 0.25) is 0 Å². The number of nitrogens with zero attached hydrogens (tertiary/aromatic N) is 1. The number of pyridine rings is 1. The summed E-state index contributed by atoms with van der Waals surface area (Å²) in [6.45, 7) is 5.88. The summed E-state index contributed by atoms with van der Waals surface area (Å²) in [6.07, 6.45) is 6.25. The Balaban J connectivity index is 2.43. The third-order valence-electron chi connectivity index (χ3n) is 3.02. The molecule has 1 heterocycles. The molecule has 1 rings (SSSR count). The average Bonchev–Trinajstić information content (AvgIpc) is 2.31. The van der Waals surface area contributed by atoms with Gasteiger partial charge >= 0.3 is 0 Å². The minimum atomic E-state index is 0.0105. The number of nitrogens with one attached hydrogen (secondary N) is 1. The van der Waals surface area contributed by atoms with E-state index in [1.807, 2.05) is 26.8 Å². The molecule has 2 unspecified atom stereocenters.